The number of likely N-dealkylation sites (N-methyl/N-ethyl adjacent to an activating group) is 1. The monoisotopic (exact) mass is 410 g/mol. The van der Waals surface area contributed by atoms with Gasteiger partial charge in [-0.25, -0.2) is 4.99 Å². The minimum atomic E-state index is 0.00659. The highest BCUT2D eigenvalue weighted by Gasteiger charge is 2.25. The Bertz CT molecular complexity index is 523. The van der Waals surface area contributed by atoms with Gasteiger partial charge in [0, 0.05) is 46.9 Å². The maximum atomic E-state index is 12.0. The van der Waals surface area contributed by atoms with Crippen molar-refractivity contribution in [1.82, 2.24) is 15.1 Å². The van der Waals surface area contributed by atoms with Crippen LogP contribution in [0.5, 0.6) is 0 Å². The lowest BCUT2D eigenvalue weighted by Crippen LogP contribution is -2.49. The van der Waals surface area contributed by atoms with Gasteiger partial charge in [-0.05, 0) is 44.9 Å². The summed E-state index contributed by atoms with van der Waals surface area (Å²) in [7, 11) is 3.52. The zero-order valence-corrected chi connectivity index (χ0v) is 18.1. The van der Waals surface area contributed by atoms with E-state index in [0.717, 1.165) is 70.9 Å². The number of rotatable bonds is 7. The van der Waals surface area contributed by atoms with Gasteiger partial charge in [0.2, 0.25) is 5.91 Å². The second-order valence-corrected chi connectivity index (χ2v) is 8.45. The molecule has 29 heavy (non-hydrogen) atoms. The minimum Gasteiger partial charge on any atom is -0.376 e. The Kier molecular flexibility index (Phi) is 9.01. The van der Waals surface area contributed by atoms with Crippen molar-refractivity contribution in [1.29, 1.82) is 0 Å². The Morgan fingerprint density at radius 2 is 1.79 bits per heavy atom. The fourth-order valence-electron chi connectivity index (χ4n) is 3.98. The number of hydrogen-bond acceptors (Lipinski definition) is 5. The summed E-state index contributed by atoms with van der Waals surface area (Å²) in [5.74, 6) is 0.817. The first-order valence-corrected chi connectivity index (χ1v) is 11.2. The molecule has 8 nitrogen and oxygen atoms in total. The van der Waals surface area contributed by atoms with Gasteiger partial charge in [0.05, 0.1) is 24.9 Å². The minimum absolute atomic E-state index is 0.00659. The van der Waals surface area contributed by atoms with E-state index >= 15 is 0 Å². The Balaban J connectivity index is 1.46. The molecule has 0 aromatic carbocycles. The smallest absolute Gasteiger partial charge is 0.243 e. The molecule has 8 heteroatoms. The van der Waals surface area contributed by atoms with Crippen molar-refractivity contribution in [2.24, 2.45) is 4.99 Å². The number of piperidine rings is 1. The first kappa shape index (κ1) is 22.3. The van der Waals surface area contributed by atoms with Gasteiger partial charge in [0.15, 0.2) is 5.96 Å². The molecule has 0 saturated carbocycles. The fraction of sp³-hybridized carbons (Fsp3) is 0.905. The first-order valence-electron chi connectivity index (χ1n) is 11.2. The maximum Gasteiger partial charge on any atom is 0.243 e. The molecule has 2 unspecified atom stereocenters. The highest BCUT2D eigenvalue weighted by atomic mass is 16.5. The largest absolute Gasteiger partial charge is 0.376 e. The number of carbonyl (C=O) groups is 1. The van der Waals surface area contributed by atoms with Crippen molar-refractivity contribution in [3.8, 4) is 0 Å². The van der Waals surface area contributed by atoms with Crippen LogP contribution in [0.15, 0.2) is 4.99 Å². The van der Waals surface area contributed by atoms with Crippen molar-refractivity contribution in [2.45, 2.75) is 63.3 Å². The number of likely N-dealkylation sites (tertiary alicyclic amines) is 1. The zero-order valence-electron chi connectivity index (χ0n) is 18.1. The normalized spacial score (nSPS) is 26.6. The van der Waals surface area contributed by atoms with Crippen LogP contribution >= 0.6 is 0 Å². The average Bonchev–Trinajstić information content (AvgIpc) is 3.27. The highest BCUT2D eigenvalue weighted by molar-refractivity contribution is 5.84. The van der Waals surface area contributed by atoms with Crippen molar-refractivity contribution in [3.63, 3.8) is 0 Å². The second kappa shape index (κ2) is 11.7. The molecule has 0 radical (unpaired) electrons. The molecule has 3 saturated heterocycles. The van der Waals surface area contributed by atoms with Crippen molar-refractivity contribution >= 4 is 11.9 Å². The van der Waals surface area contributed by atoms with Crippen LogP contribution in [0.3, 0.4) is 0 Å². The number of amides is 1. The molecule has 3 fully saturated rings. The van der Waals surface area contributed by atoms with Crippen LogP contribution in [-0.4, -0.2) is 100 Å². The van der Waals surface area contributed by atoms with E-state index in [0.29, 0.717) is 6.61 Å². The van der Waals surface area contributed by atoms with Crippen LogP contribution in [-0.2, 0) is 19.0 Å². The van der Waals surface area contributed by atoms with E-state index in [2.05, 4.69) is 15.2 Å². The third-order valence-electron chi connectivity index (χ3n) is 5.91. The summed E-state index contributed by atoms with van der Waals surface area (Å²) in [5.41, 5.74) is 0. The average molecular weight is 411 g/mol. The number of ether oxygens (including phenoxy) is 3. The van der Waals surface area contributed by atoms with E-state index in [4.69, 9.17) is 14.2 Å². The van der Waals surface area contributed by atoms with Crippen molar-refractivity contribution in [3.05, 3.63) is 0 Å². The Labute approximate surface area is 174 Å². The van der Waals surface area contributed by atoms with Gasteiger partial charge in [-0.1, -0.05) is 0 Å². The van der Waals surface area contributed by atoms with Crippen molar-refractivity contribution in [2.75, 3.05) is 60.1 Å². The van der Waals surface area contributed by atoms with E-state index in [1.165, 1.54) is 12.8 Å². The third-order valence-corrected chi connectivity index (χ3v) is 5.91. The molecule has 0 spiro atoms. The van der Waals surface area contributed by atoms with E-state index in [-0.39, 0.29) is 30.8 Å². The van der Waals surface area contributed by atoms with Gasteiger partial charge in [-0.15, -0.1) is 0 Å². The molecule has 0 bridgehead atoms. The number of hydrogen-bond donors (Lipinski definition) is 1. The van der Waals surface area contributed by atoms with Crippen LogP contribution in [0.2, 0.25) is 0 Å². The summed E-state index contributed by atoms with van der Waals surface area (Å²) in [6.07, 6.45) is 8.44. The molecule has 0 aromatic heterocycles. The molecule has 166 valence electrons. The molecule has 3 heterocycles. The van der Waals surface area contributed by atoms with Crippen LogP contribution in [0.25, 0.3) is 0 Å². The number of aliphatic imine (C=N–C) groups is 1. The van der Waals surface area contributed by atoms with E-state index < -0.39 is 0 Å². The first-order chi connectivity index (χ1) is 14.1. The molecule has 1 amide bonds. The quantitative estimate of drug-likeness (QED) is 0.503. The Morgan fingerprint density at radius 1 is 1.07 bits per heavy atom. The Morgan fingerprint density at radius 3 is 2.45 bits per heavy atom. The summed E-state index contributed by atoms with van der Waals surface area (Å²) in [6.45, 7) is 5.08. The molecule has 3 aliphatic heterocycles. The molecule has 0 aromatic rings. The summed E-state index contributed by atoms with van der Waals surface area (Å²) in [5, 5.41) is 3.44. The van der Waals surface area contributed by atoms with Crippen molar-refractivity contribution < 1.29 is 19.0 Å². The van der Waals surface area contributed by atoms with Gasteiger partial charge in [0.1, 0.15) is 6.54 Å². The molecular weight excluding hydrogens is 372 g/mol. The molecule has 3 aliphatic rings. The van der Waals surface area contributed by atoms with E-state index in [1.807, 2.05) is 0 Å². The summed E-state index contributed by atoms with van der Waals surface area (Å²) in [4.78, 5) is 20.4. The molecule has 2 atom stereocenters. The van der Waals surface area contributed by atoms with Gasteiger partial charge in [-0.3, -0.25) is 4.79 Å². The molecule has 0 aliphatic carbocycles. The summed E-state index contributed by atoms with van der Waals surface area (Å²) in [6, 6.07) is 0. The van der Waals surface area contributed by atoms with E-state index in [1.54, 1.807) is 19.0 Å². The number of carbonyl (C=O) groups excluding carboxylic acids is 1. The maximum absolute atomic E-state index is 12.0. The lowest BCUT2D eigenvalue weighted by atomic mass is 10.1. The summed E-state index contributed by atoms with van der Waals surface area (Å²) >= 11 is 0. The van der Waals surface area contributed by atoms with Gasteiger partial charge in [-0.2, -0.15) is 0 Å². The van der Waals surface area contributed by atoms with Gasteiger partial charge < -0.3 is 29.3 Å². The second-order valence-electron chi connectivity index (χ2n) is 8.45. The molecule has 1 N–H and O–H groups in total. The lowest BCUT2D eigenvalue weighted by Gasteiger charge is -2.35. The summed E-state index contributed by atoms with van der Waals surface area (Å²) < 4.78 is 17.6. The van der Waals surface area contributed by atoms with Crippen LogP contribution < -0.4 is 5.32 Å². The van der Waals surface area contributed by atoms with Gasteiger partial charge in [0.25, 0.3) is 0 Å². The lowest BCUT2D eigenvalue weighted by molar-refractivity contribution is -0.127. The number of nitrogens with zero attached hydrogens (tertiary/aromatic N) is 3. The zero-order chi connectivity index (χ0) is 20.5. The fourth-order valence-corrected chi connectivity index (χ4v) is 3.98. The van der Waals surface area contributed by atoms with E-state index in [9.17, 15) is 4.79 Å². The topological polar surface area (TPSA) is 75.6 Å². The predicted octanol–water partition coefficient (Wildman–Crippen LogP) is 1.25. The van der Waals surface area contributed by atoms with Crippen LogP contribution in [0.4, 0.5) is 0 Å². The number of guanidine groups is 1. The van der Waals surface area contributed by atoms with Gasteiger partial charge >= 0.3 is 0 Å². The van der Waals surface area contributed by atoms with Crippen LogP contribution in [0.1, 0.15) is 44.9 Å². The molecular formula is C21H38N4O4. The Hall–Kier alpha value is -1.38. The molecule has 3 rings (SSSR count). The third kappa shape index (κ3) is 7.42. The standard InChI is InChI=1S/C21H38N4O4/c1-24(2)20(26)15-23-21(22-14-18-7-5-13-27-18)25-10-8-17(9-11-25)29-16-19-6-3-4-12-28-19/h17-19H,3-16H2,1-2H3,(H,22,23). The van der Waals surface area contributed by atoms with Crippen LogP contribution in [0, 0.1) is 0 Å². The predicted molar refractivity (Wildman–Crippen MR) is 112 cm³/mol. The highest BCUT2D eigenvalue weighted by Crippen LogP contribution is 2.18. The SMILES string of the molecule is CN(C)C(=O)CN=C(NCC1CCCO1)N1CCC(OCC2CCCCO2)CC1. The number of nitrogens with one attached hydrogen (secondary N) is 1.